The van der Waals surface area contributed by atoms with Crippen LogP contribution in [0, 0.1) is 0 Å². The van der Waals surface area contributed by atoms with Crippen LogP contribution in [-0.4, -0.2) is 35.8 Å². The van der Waals surface area contributed by atoms with Gasteiger partial charge in [-0.1, -0.05) is 115 Å². The van der Waals surface area contributed by atoms with E-state index in [4.69, 9.17) is 40.0 Å². The van der Waals surface area contributed by atoms with E-state index in [1.165, 1.54) is 179 Å². The number of hydrogen-bond acceptors (Lipinski definition) is 12. The van der Waals surface area contributed by atoms with Gasteiger partial charge in [0.25, 0.3) is 0 Å². The SMILES string of the molecule is CCCCCCCCCCC(=O)Oc1ccc(C(=O)Oc2ccc(C(=O)Oc3ccc(Cl)c(OC(=O)c4ccc(OC(=O)c5ccc(OC(=O)CCCCCCCCCC)cc5)cc4)c3)cc2)cc1. The fraction of sp³-hybridized carbons (Fsp3) is 0.357. The second-order valence-electron chi connectivity index (χ2n) is 16.6. The maximum atomic E-state index is 13.1. The van der Waals surface area contributed by atoms with Crippen LogP contribution in [0.15, 0.2) is 115 Å². The van der Waals surface area contributed by atoms with Gasteiger partial charge in [-0.2, -0.15) is 0 Å². The molecular weight excluding hydrogens is 900 g/mol. The van der Waals surface area contributed by atoms with Gasteiger partial charge < -0.3 is 28.4 Å². The van der Waals surface area contributed by atoms with Gasteiger partial charge in [0, 0.05) is 18.9 Å². The van der Waals surface area contributed by atoms with E-state index in [0.29, 0.717) is 24.3 Å². The molecule has 0 aliphatic carbocycles. The third-order valence-electron chi connectivity index (χ3n) is 11.0. The van der Waals surface area contributed by atoms with Gasteiger partial charge in [-0.3, -0.25) is 9.59 Å². The zero-order valence-corrected chi connectivity index (χ0v) is 40.2. The van der Waals surface area contributed by atoms with E-state index >= 15 is 0 Å². The highest BCUT2D eigenvalue weighted by Crippen LogP contribution is 2.31. The van der Waals surface area contributed by atoms with Crippen molar-refractivity contribution in [2.24, 2.45) is 0 Å². The summed E-state index contributed by atoms with van der Waals surface area (Å²) in [4.78, 5) is 76.2. The third kappa shape index (κ3) is 19.0. The number of ether oxygens (including phenoxy) is 6. The van der Waals surface area contributed by atoms with Gasteiger partial charge in [0.1, 0.15) is 28.7 Å². The first-order valence-corrected chi connectivity index (χ1v) is 24.4. The van der Waals surface area contributed by atoms with E-state index in [1.54, 1.807) is 0 Å². The average Bonchev–Trinajstić information content (AvgIpc) is 3.35. The van der Waals surface area contributed by atoms with Crippen LogP contribution in [0.5, 0.6) is 34.5 Å². The molecule has 0 fully saturated rings. The standard InChI is InChI=1S/C56H61ClO12/c1-3-5-7-9-11-13-15-17-19-51(58)64-44-29-21-40(22-30-44)53(60)66-46-33-25-42(26-34-46)55(62)68-48-37-38-49(57)50(39-48)69-56(63)43-27-35-47(36-28-43)67-54(61)41-23-31-45(32-24-41)65-52(59)20-18-16-14-12-10-8-6-4-2/h21-39H,3-20H2,1-2H3. The van der Waals surface area contributed by atoms with E-state index in [1.807, 2.05) is 0 Å². The van der Waals surface area contributed by atoms with Crippen molar-refractivity contribution < 1.29 is 57.2 Å². The molecule has 0 spiro atoms. The third-order valence-corrected chi connectivity index (χ3v) is 11.3. The van der Waals surface area contributed by atoms with Gasteiger partial charge in [0.2, 0.25) is 0 Å². The maximum absolute atomic E-state index is 13.1. The molecule has 0 bridgehead atoms. The van der Waals surface area contributed by atoms with Crippen LogP contribution in [0.3, 0.4) is 0 Å². The Hall–Kier alpha value is -6.79. The first-order chi connectivity index (χ1) is 33.5. The summed E-state index contributed by atoms with van der Waals surface area (Å²) in [6, 6.07) is 27.7. The number of rotatable bonds is 28. The van der Waals surface area contributed by atoms with Crippen molar-refractivity contribution in [3.63, 3.8) is 0 Å². The Morgan fingerprint density at radius 3 is 0.957 bits per heavy atom. The summed E-state index contributed by atoms with van der Waals surface area (Å²) in [5.74, 6) is -2.46. The Bertz CT molecular complexity index is 2430. The van der Waals surface area contributed by atoms with Crippen molar-refractivity contribution >= 4 is 47.4 Å². The van der Waals surface area contributed by atoms with Gasteiger partial charge >= 0.3 is 35.8 Å². The predicted molar refractivity (Wildman–Crippen MR) is 263 cm³/mol. The van der Waals surface area contributed by atoms with Gasteiger partial charge in [-0.25, -0.2) is 19.2 Å². The Kier molecular flexibility index (Phi) is 22.5. The monoisotopic (exact) mass is 960 g/mol. The lowest BCUT2D eigenvalue weighted by Crippen LogP contribution is -2.12. The summed E-state index contributed by atoms with van der Waals surface area (Å²) in [5.41, 5.74) is 0.737. The van der Waals surface area contributed by atoms with Crippen LogP contribution in [0.1, 0.15) is 171 Å². The molecule has 13 heteroatoms. The first kappa shape index (κ1) is 53.2. The average molecular weight is 962 g/mol. The fourth-order valence-corrected chi connectivity index (χ4v) is 7.25. The molecule has 5 aromatic rings. The molecule has 0 N–H and O–H groups in total. The number of esters is 6. The molecule has 12 nitrogen and oxygen atoms in total. The number of halogens is 1. The van der Waals surface area contributed by atoms with Crippen LogP contribution < -0.4 is 28.4 Å². The fourth-order valence-electron chi connectivity index (χ4n) is 7.09. The number of unbranched alkanes of at least 4 members (excludes halogenated alkanes) is 14. The van der Waals surface area contributed by atoms with Crippen LogP contribution in [0.4, 0.5) is 0 Å². The van der Waals surface area contributed by atoms with Crippen molar-refractivity contribution in [3.8, 4) is 34.5 Å². The normalized spacial score (nSPS) is 10.8. The first-order valence-electron chi connectivity index (χ1n) is 24.0. The second kappa shape index (κ2) is 29.2. The summed E-state index contributed by atoms with van der Waals surface area (Å²) in [7, 11) is 0. The Labute approximate surface area is 409 Å². The zero-order chi connectivity index (χ0) is 49.2. The van der Waals surface area contributed by atoms with Gasteiger partial charge in [0.15, 0.2) is 5.75 Å². The highest BCUT2D eigenvalue weighted by molar-refractivity contribution is 6.32. The van der Waals surface area contributed by atoms with Crippen molar-refractivity contribution in [2.45, 2.75) is 129 Å². The summed E-state index contributed by atoms with van der Waals surface area (Å²) >= 11 is 6.31. The molecule has 364 valence electrons. The maximum Gasteiger partial charge on any atom is 0.343 e. The molecule has 0 unspecified atom stereocenters. The minimum atomic E-state index is -0.778. The molecule has 0 amide bonds. The van der Waals surface area contributed by atoms with E-state index in [2.05, 4.69) is 13.8 Å². The predicted octanol–water partition coefficient (Wildman–Crippen LogP) is 14.1. The lowest BCUT2D eigenvalue weighted by molar-refractivity contribution is -0.135. The summed E-state index contributed by atoms with van der Waals surface area (Å²) < 4.78 is 32.8. The molecule has 0 aliphatic heterocycles. The Balaban J connectivity index is 1.02. The molecule has 0 aromatic heterocycles. The largest absolute Gasteiger partial charge is 0.427 e. The van der Waals surface area contributed by atoms with Crippen LogP contribution in [-0.2, 0) is 9.59 Å². The van der Waals surface area contributed by atoms with Crippen molar-refractivity contribution in [3.05, 3.63) is 143 Å². The van der Waals surface area contributed by atoms with Gasteiger partial charge in [-0.05, 0) is 122 Å². The van der Waals surface area contributed by atoms with Crippen LogP contribution in [0.25, 0.3) is 0 Å². The lowest BCUT2D eigenvalue weighted by atomic mass is 10.1. The van der Waals surface area contributed by atoms with Crippen LogP contribution in [0.2, 0.25) is 5.02 Å². The molecule has 0 saturated carbocycles. The Morgan fingerprint density at radius 2 is 0.609 bits per heavy atom. The number of benzene rings is 5. The minimum Gasteiger partial charge on any atom is -0.427 e. The molecule has 0 heterocycles. The number of carbonyl (C=O) groups is 6. The van der Waals surface area contributed by atoms with E-state index in [-0.39, 0.29) is 62.2 Å². The highest BCUT2D eigenvalue weighted by atomic mass is 35.5. The van der Waals surface area contributed by atoms with Gasteiger partial charge in [-0.15, -0.1) is 0 Å². The van der Waals surface area contributed by atoms with E-state index < -0.39 is 23.9 Å². The number of carbonyl (C=O) groups excluding carboxylic acids is 6. The van der Waals surface area contributed by atoms with Crippen LogP contribution >= 0.6 is 11.6 Å². The van der Waals surface area contributed by atoms with Gasteiger partial charge in [0.05, 0.1) is 27.3 Å². The number of hydrogen-bond donors (Lipinski definition) is 0. The zero-order valence-electron chi connectivity index (χ0n) is 39.5. The summed E-state index contributed by atoms with van der Waals surface area (Å²) in [6.07, 6.45) is 18.7. The molecule has 5 aromatic carbocycles. The van der Waals surface area contributed by atoms with Crippen molar-refractivity contribution in [1.82, 2.24) is 0 Å². The molecule has 0 aliphatic rings. The van der Waals surface area contributed by atoms with Crippen molar-refractivity contribution in [2.75, 3.05) is 0 Å². The molecular formula is C56H61ClO12. The minimum absolute atomic E-state index is 0.0391. The second-order valence-corrected chi connectivity index (χ2v) is 17.1. The van der Waals surface area contributed by atoms with E-state index in [9.17, 15) is 28.8 Å². The van der Waals surface area contributed by atoms with Crippen molar-refractivity contribution in [1.29, 1.82) is 0 Å². The molecule has 0 saturated heterocycles. The quantitative estimate of drug-likeness (QED) is 0.0266. The highest BCUT2D eigenvalue weighted by Gasteiger charge is 2.18. The lowest BCUT2D eigenvalue weighted by Gasteiger charge is -2.10. The Morgan fingerprint density at radius 1 is 0.333 bits per heavy atom. The molecule has 0 atom stereocenters. The smallest absolute Gasteiger partial charge is 0.343 e. The van der Waals surface area contributed by atoms with E-state index in [0.717, 1.165) is 38.5 Å². The summed E-state index contributed by atoms with van der Waals surface area (Å²) in [5, 5.41) is 0.0777. The molecule has 69 heavy (non-hydrogen) atoms. The molecule has 0 radical (unpaired) electrons. The topological polar surface area (TPSA) is 158 Å². The summed E-state index contributed by atoms with van der Waals surface area (Å²) in [6.45, 7) is 4.39. The molecule has 5 rings (SSSR count).